The fraction of sp³-hybridized carbons (Fsp3) is 0.692. The number of hydrogen-bond acceptors (Lipinski definition) is 3. The van der Waals surface area contributed by atoms with E-state index in [1.54, 1.807) is 11.3 Å². The molecule has 3 nitrogen and oxygen atoms in total. The molecule has 0 amide bonds. The predicted octanol–water partition coefficient (Wildman–Crippen LogP) is 3.55. The van der Waals surface area contributed by atoms with Crippen molar-refractivity contribution in [3.05, 3.63) is 15.6 Å². The minimum atomic E-state index is -0.744. The van der Waals surface area contributed by atoms with Gasteiger partial charge in [0.2, 0.25) is 0 Å². The van der Waals surface area contributed by atoms with Crippen molar-refractivity contribution >= 4 is 17.3 Å². The first-order valence-corrected chi connectivity index (χ1v) is 7.18. The monoisotopic (exact) mass is 253 g/mol. The van der Waals surface area contributed by atoms with E-state index < -0.39 is 5.97 Å². The molecule has 1 aromatic heterocycles. The van der Waals surface area contributed by atoms with Crippen molar-refractivity contribution in [1.82, 2.24) is 4.98 Å². The molecular formula is C13H19NO2S. The van der Waals surface area contributed by atoms with Crippen LogP contribution in [-0.2, 0) is 11.2 Å². The molecular weight excluding hydrogens is 234 g/mol. The highest BCUT2D eigenvalue weighted by Gasteiger charge is 2.31. The van der Waals surface area contributed by atoms with Crippen molar-refractivity contribution in [2.24, 2.45) is 0 Å². The Kier molecular flexibility index (Phi) is 3.82. The molecule has 0 radical (unpaired) electrons. The van der Waals surface area contributed by atoms with Gasteiger partial charge in [0.25, 0.3) is 0 Å². The molecule has 2 rings (SSSR count). The van der Waals surface area contributed by atoms with Gasteiger partial charge in [-0.2, -0.15) is 0 Å². The van der Waals surface area contributed by atoms with Crippen molar-refractivity contribution in [2.75, 3.05) is 0 Å². The maximum atomic E-state index is 10.9. The third-order valence-corrected chi connectivity index (χ3v) is 4.59. The number of thiazole rings is 1. The van der Waals surface area contributed by atoms with E-state index in [0.29, 0.717) is 11.8 Å². The van der Waals surface area contributed by atoms with Crippen LogP contribution in [0.4, 0.5) is 0 Å². The van der Waals surface area contributed by atoms with E-state index in [1.165, 1.54) is 12.8 Å². The van der Waals surface area contributed by atoms with Gasteiger partial charge in [0, 0.05) is 16.7 Å². The quantitative estimate of drug-likeness (QED) is 0.843. The summed E-state index contributed by atoms with van der Waals surface area (Å²) in [5, 5.41) is 10.1. The van der Waals surface area contributed by atoms with Gasteiger partial charge in [0.05, 0.1) is 17.1 Å². The molecule has 0 aliphatic heterocycles. The maximum Gasteiger partial charge on any atom is 0.308 e. The molecule has 0 saturated heterocycles. The zero-order valence-corrected chi connectivity index (χ0v) is 11.2. The van der Waals surface area contributed by atoms with Crippen LogP contribution in [0.25, 0.3) is 0 Å². The van der Waals surface area contributed by atoms with Gasteiger partial charge < -0.3 is 5.11 Å². The summed E-state index contributed by atoms with van der Waals surface area (Å²) in [6.45, 7) is 4.34. The molecule has 17 heavy (non-hydrogen) atoms. The zero-order valence-electron chi connectivity index (χ0n) is 10.4. The highest BCUT2D eigenvalue weighted by atomic mass is 32.1. The average Bonchev–Trinajstić information content (AvgIpc) is 3.04. The highest BCUT2D eigenvalue weighted by Crippen LogP contribution is 2.44. The largest absolute Gasteiger partial charge is 0.481 e. The van der Waals surface area contributed by atoms with Gasteiger partial charge in [-0.25, -0.2) is 4.98 Å². The summed E-state index contributed by atoms with van der Waals surface area (Å²) in [6.07, 6.45) is 4.67. The van der Waals surface area contributed by atoms with E-state index in [1.807, 2.05) is 0 Å². The summed E-state index contributed by atoms with van der Waals surface area (Å²) >= 11 is 1.62. The number of aromatic nitrogens is 1. The van der Waals surface area contributed by atoms with Crippen molar-refractivity contribution in [1.29, 1.82) is 0 Å². The van der Waals surface area contributed by atoms with E-state index in [9.17, 15) is 4.79 Å². The number of carbonyl (C=O) groups is 1. The summed E-state index contributed by atoms with van der Waals surface area (Å²) in [7, 11) is 0. The average molecular weight is 253 g/mol. The van der Waals surface area contributed by atoms with Crippen LogP contribution in [-0.4, -0.2) is 16.1 Å². The predicted molar refractivity (Wildman–Crippen MR) is 68.8 cm³/mol. The fourth-order valence-electron chi connectivity index (χ4n) is 2.13. The Hall–Kier alpha value is -0.900. The number of nitrogens with zero attached hydrogens (tertiary/aromatic N) is 1. The van der Waals surface area contributed by atoms with Crippen LogP contribution in [0.2, 0.25) is 0 Å². The molecule has 0 bridgehead atoms. The van der Waals surface area contributed by atoms with Crippen LogP contribution in [0, 0.1) is 0 Å². The summed E-state index contributed by atoms with van der Waals surface area (Å²) in [6, 6.07) is 0. The van der Waals surface area contributed by atoms with Gasteiger partial charge in [-0.1, -0.05) is 13.8 Å². The van der Waals surface area contributed by atoms with Crippen LogP contribution in [0.3, 0.4) is 0 Å². The van der Waals surface area contributed by atoms with Gasteiger partial charge in [-0.3, -0.25) is 4.79 Å². The van der Waals surface area contributed by atoms with Crippen molar-refractivity contribution in [2.45, 2.75) is 57.8 Å². The van der Waals surface area contributed by atoms with Gasteiger partial charge in [-0.15, -0.1) is 11.3 Å². The lowest BCUT2D eigenvalue weighted by Gasteiger charge is -2.06. The lowest BCUT2D eigenvalue weighted by atomic mass is 10.1. The van der Waals surface area contributed by atoms with Gasteiger partial charge >= 0.3 is 5.97 Å². The minimum Gasteiger partial charge on any atom is -0.481 e. The third kappa shape index (κ3) is 2.86. The highest BCUT2D eigenvalue weighted by molar-refractivity contribution is 7.12. The smallest absolute Gasteiger partial charge is 0.308 e. The van der Waals surface area contributed by atoms with E-state index >= 15 is 0 Å². The third-order valence-electron chi connectivity index (χ3n) is 3.35. The van der Waals surface area contributed by atoms with Crippen molar-refractivity contribution < 1.29 is 9.90 Å². The molecule has 0 spiro atoms. The molecule has 4 heteroatoms. The van der Waals surface area contributed by atoms with E-state index in [-0.39, 0.29) is 6.42 Å². The minimum absolute atomic E-state index is 0.143. The SMILES string of the molecule is CCC(CC)c1nc(C2CC2)c(CC(=O)O)s1. The first kappa shape index (κ1) is 12.6. The van der Waals surface area contributed by atoms with Crippen LogP contribution in [0.1, 0.15) is 66.9 Å². The van der Waals surface area contributed by atoms with Crippen molar-refractivity contribution in [3.63, 3.8) is 0 Å². The molecule has 1 aliphatic carbocycles. The molecule has 1 heterocycles. The first-order chi connectivity index (χ1) is 8.15. The molecule has 0 aromatic carbocycles. The molecule has 1 N–H and O–H groups in total. The zero-order chi connectivity index (χ0) is 12.4. The van der Waals surface area contributed by atoms with Gasteiger partial charge in [0.15, 0.2) is 0 Å². The van der Waals surface area contributed by atoms with E-state index in [4.69, 9.17) is 10.1 Å². The number of carboxylic acids is 1. The molecule has 0 atom stereocenters. The number of rotatable bonds is 6. The summed E-state index contributed by atoms with van der Waals surface area (Å²) < 4.78 is 0. The van der Waals surface area contributed by atoms with Crippen LogP contribution in [0.15, 0.2) is 0 Å². The standard InChI is InChI=1S/C13H19NO2S/c1-3-8(4-2)13-14-12(9-5-6-9)10(17-13)7-11(15)16/h8-9H,3-7H2,1-2H3,(H,15,16). The molecule has 94 valence electrons. The summed E-state index contributed by atoms with van der Waals surface area (Å²) in [5.41, 5.74) is 1.08. The lowest BCUT2D eigenvalue weighted by molar-refractivity contribution is -0.136. The molecule has 1 saturated carbocycles. The maximum absolute atomic E-state index is 10.9. The molecule has 1 aromatic rings. The van der Waals surface area contributed by atoms with E-state index in [2.05, 4.69) is 13.8 Å². The Balaban J connectivity index is 2.26. The van der Waals surface area contributed by atoms with Gasteiger partial charge in [-0.05, 0) is 25.7 Å². The fourth-order valence-corrected chi connectivity index (χ4v) is 3.54. The molecule has 1 fully saturated rings. The Morgan fingerprint density at radius 1 is 1.47 bits per heavy atom. The number of aliphatic carboxylic acids is 1. The van der Waals surface area contributed by atoms with Crippen LogP contribution < -0.4 is 0 Å². The molecule has 1 aliphatic rings. The Bertz CT molecular complexity index is 406. The Morgan fingerprint density at radius 3 is 2.59 bits per heavy atom. The lowest BCUT2D eigenvalue weighted by Crippen LogP contribution is -2.00. The van der Waals surface area contributed by atoms with Crippen molar-refractivity contribution in [3.8, 4) is 0 Å². The second-order valence-electron chi connectivity index (χ2n) is 4.72. The second kappa shape index (κ2) is 5.17. The number of hydrogen-bond donors (Lipinski definition) is 1. The normalized spacial score (nSPS) is 15.5. The molecule has 0 unspecified atom stereocenters. The van der Waals surface area contributed by atoms with Crippen LogP contribution >= 0.6 is 11.3 Å². The Morgan fingerprint density at radius 2 is 2.12 bits per heavy atom. The topological polar surface area (TPSA) is 50.2 Å². The first-order valence-electron chi connectivity index (χ1n) is 6.36. The number of carboxylic acid groups (broad SMARTS) is 1. The van der Waals surface area contributed by atoms with E-state index in [0.717, 1.165) is 28.4 Å². The summed E-state index contributed by atoms with van der Waals surface area (Å²) in [5.74, 6) is 0.301. The summed E-state index contributed by atoms with van der Waals surface area (Å²) in [4.78, 5) is 16.6. The van der Waals surface area contributed by atoms with Crippen LogP contribution in [0.5, 0.6) is 0 Å². The van der Waals surface area contributed by atoms with Gasteiger partial charge in [0.1, 0.15) is 0 Å². The second-order valence-corrected chi connectivity index (χ2v) is 5.83. The Labute approximate surface area is 106 Å².